The maximum atomic E-state index is 14.0. The Morgan fingerprint density at radius 3 is 2.34 bits per heavy atom. The van der Waals surface area contributed by atoms with Crippen LogP contribution in [0.4, 0.5) is 21.9 Å². The van der Waals surface area contributed by atoms with Crippen molar-refractivity contribution in [1.82, 2.24) is 9.55 Å². The molecule has 59 heavy (non-hydrogen) atoms. The van der Waals surface area contributed by atoms with E-state index in [-0.39, 0.29) is 63.4 Å². The molecule has 0 fully saturated rings. The lowest BCUT2D eigenvalue weighted by Crippen LogP contribution is -2.48. The number of ether oxygens (including phenoxy) is 3. The van der Waals surface area contributed by atoms with Crippen LogP contribution in [0, 0.1) is 37.3 Å². The summed E-state index contributed by atoms with van der Waals surface area (Å²) in [4.78, 5) is 96.4. The Labute approximate surface area is 330 Å². The number of benzene rings is 3. The standard InChI is InChI=1S/C38H25BN6O14/c1-4-38(26-13-29-32-19(14-42(29)34(46)25(26)15-56-36(38)48)8-18-9-22(57-37(39)49)5-6-27(18)40-32)58-35(47)17(3)59-41-33-23-10-20(43(50)51)7-16(2)30(23)31-24(33)11-21(44(52)53)12-28(31)45(54)55/h5-13,17H,4,14-15H2,1-3H3/b41-33-/t17-,38-/m0/s1. The van der Waals surface area contributed by atoms with Crippen LogP contribution in [0.3, 0.4) is 0 Å². The first-order chi connectivity index (χ1) is 28.0. The van der Waals surface area contributed by atoms with Crippen molar-refractivity contribution in [3.8, 4) is 28.3 Å². The van der Waals surface area contributed by atoms with Crippen LogP contribution in [0.5, 0.6) is 5.75 Å². The molecule has 3 aromatic carbocycles. The Balaban J connectivity index is 1.16. The van der Waals surface area contributed by atoms with E-state index < -0.39 is 73.5 Å². The average molecular weight is 800 g/mol. The number of nitro benzene ring substituents is 3. The summed E-state index contributed by atoms with van der Waals surface area (Å²) in [5.74, 6) is -2.95. The van der Waals surface area contributed by atoms with Crippen molar-refractivity contribution in [1.29, 1.82) is 0 Å². The van der Waals surface area contributed by atoms with Gasteiger partial charge in [0.25, 0.3) is 22.6 Å². The predicted octanol–water partition coefficient (Wildman–Crippen LogP) is 5.17. The largest absolute Gasteiger partial charge is 0.457 e. The molecule has 2 aliphatic heterocycles. The molecular weight excluding hydrogens is 775 g/mol. The van der Waals surface area contributed by atoms with E-state index in [9.17, 15) is 49.5 Å². The zero-order chi connectivity index (χ0) is 42.2. The van der Waals surface area contributed by atoms with Crippen molar-refractivity contribution in [3.63, 3.8) is 0 Å². The Bertz CT molecular complexity index is 2910. The van der Waals surface area contributed by atoms with Crippen LogP contribution in [0.15, 0.2) is 64.5 Å². The minimum Gasteiger partial charge on any atom is -0.457 e. The van der Waals surface area contributed by atoms with Crippen molar-refractivity contribution in [2.45, 2.75) is 52.0 Å². The molecule has 0 saturated heterocycles. The van der Waals surface area contributed by atoms with Gasteiger partial charge >= 0.3 is 11.9 Å². The third-order valence-corrected chi connectivity index (χ3v) is 10.4. The number of pyridine rings is 2. The van der Waals surface area contributed by atoms with Gasteiger partial charge in [0.15, 0.2) is 0 Å². The highest BCUT2D eigenvalue weighted by Crippen LogP contribution is 2.48. The van der Waals surface area contributed by atoms with Gasteiger partial charge in [0.05, 0.1) is 55.4 Å². The molecule has 0 spiro atoms. The monoisotopic (exact) mass is 800 g/mol. The number of cyclic esters (lactones) is 1. The number of aromatic nitrogens is 2. The van der Waals surface area contributed by atoms with Gasteiger partial charge in [-0.05, 0) is 56.2 Å². The van der Waals surface area contributed by atoms with Crippen LogP contribution in [0.25, 0.3) is 33.4 Å². The summed E-state index contributed by atoms with van der Waals surface area (Å²) in [6.07, 6.45) is -1.84. The molecule has 21 heteroatoms. The number of aryl methyl sites for hydroxylation is 1. The molecule has 1 aliphatic carbocycles. The first-order valence-electron chi connectivity index (χ1n) is 17.6. The van der Waals surface area contributed by atoms with E-state index in [0.29, 0.717) is 27.9 Å². The van der Waals surface area contributed by atoms with E-state index in [1.165, 1.54) is 43.5 Å². The molecule has 0 unspecified atom stereocenters. The van der Waals surface area contributed by atoms with E-state index in [1.807, 2.05) is 0 Å². The second-order valence-electron chi connectivity index (χ2n) is 13.8. The molecule has 20 nitrogen and oxygen atoms in total. The molecular formula is C38H25BN6O14. The van der Waals surface area contributed by atoms with Gasteiger partial charge < -0.3 is 23.6 Å². The van der Waals surface area contributed by atoms with Gasteiger partial charge in [0, 0.05) is 51.4 Å². The third-order valence-electron chi connectivity index (χ3n) is 10.4. The quantitative estimate of drug-likeness (QED) is 0.0789. The lowest BCUT2D eigenvalue weighted by atomic mass is 9.85. The molecule has 8 rings (SSSR count). The summed E-state index contributed by atoms with van der Waals surface area (Å²) in [6, 6.07) is 12.0. The number of carbonyl (C=O) groups is 3. The number of nitro groups is 3. The number of carbonyl (C=O) groups excluding carboxylic acids is 3. The summed E-state index contributed by atoms with van der Waals surface area (Å²) < 4.78 is 17.7. The number of hydrogen-bond acceptors (Lipinski definition) is 16. The molecule has 0 saturated carbocycles. The molecule has 4 heterocycles. The van der Waals surface area contributed by atoms with Gasteiger partial charge in [-0.3, -0.25) is 39.9 Å². The fraction of sp³-hybridized carbons (Fsp3) is 0.211. The van der Waals surface area contributed by atoms with E-state index in [0.717, 1.165) is 18.2 Å². The summed E-state index contributed by atoms with van der Waals surface area (Å²) in [5.41, 5.74) is -2.67. The van der Waals surface area contributed by atoms with E-state index in [1.54, 1.807) is 18.2 Å². The number of rotatable bonds is 9. The van der Waals surface area contributed by atoms with Crippen LogP contribution in [-0.2, 0) is 42.7 Å². The topological polar surface area (TPSA) is 265 Å². The zero-order valence-corrected chi connectivity index (χ0v) is 30.9. The second-order valence-corrected chi connectivity index (χ2v) is 13.8. The van der Waals surface area contributed by atoms with Gasteiger partial charge in [-0.15, -0.1) is 0 Å². The lowest BCUT2D eigenvalue weighted by Gasteiger charge is -2.36. The van der Waals surface area contributed by atoms with Crippen LogP contribution < -0.4 is 10.3 Å². The maximum absolute atomic E-state index is 14.0. The van der Waals surface area contributed by atoms with Crippen molar-refractivity contribution >= 4 is 59.3 Å². The number of non-ortho nitro benzene ring substituents is 2. The smallest absolute Gasteiger partial charge is 0.355 e. The predicted molar refractivity (Wildman–Crippen MR) is 203 cm³/mol. The molecule has 294 valence electrons. The van der Waals surface area contributed by atoms with Crippen molar-refractivity contribution < 1.29 is 48.2 Å². The van der Waals surface area contributed by atoms with E-state index in [4.69, 9.17) is 31.9 Å². The van der Waals surface area contributed by atoms with Gasteiger partial charge in [-0.1, -0.05) is 12.1 Å². The SMILES string of the molecule is [B]C(=O)Oc1ccc2nc3c(cc2c1)Cn1c-3cc2c(c1=O)COC(=O)[C@@]2(CC)OC(=O)[C@H](C)O/N=C1/c2cc([N+](=O)[O-])cc(C)c2-c2c1cc([N+](=O)[O-])cc2[N+](=O)[O-]. The Morgan fingerprint density at radius 2 is 1.68 bits per heavy atom. The number of fused-ring (bicyclic) bond motifs is 8. The summed E-state index contributed by atoms with van der Waals surface area (Å²) in [7, 11) is 5.15. The summed E-state index contributed by atoms with van der Waals surface area (Å²) in [5, 5.41) is 40.4. The summed E-state index contributed by atoms with van der Waals surface area (Å²) in [6.45, 7) is 3.88. The van der Waals surface area contributed by atoms with Crippen molar-refractivity contribution in [2.24, 2.45) is 5.16 Å². The van der Waals surface area contributed by atoms with Crippen LogP contribution >= 0.6 is 0 Å². The number of hydrogen-bond donors (Lipinski definition) is 0. The molecule has 2 aromatic heterocycles. The summed E-state index contributed by atoms with van der Waals surface area (Å²) >= 11 is 0. The molecule has 2 atom stereocenters. The minimum absolute atomic E-state index is 0.0267. The molecule has 0 N–H and O–H groups in total. The van der Waals surface area contributed by atoms with Gasteiger partial charge in [0.2, 0.25) is 25.4 Å². The maximum Gasteiger partial charge on any atom is 0.355 e. The van der Waals surface area contributed by atoms with Crippen molar-refractivity contribution in [2.75, 3.05) is 0 Å². The van der Waals surface area contributed by atoms with Crippen LogP contribution in [-0.4, -0.2) is 61.8 Å². The highest BCUT2D eigenvalue weighted by molar-refractivity contribution is 6.55. The molecule has 5 aromatic rings. The molecule has 0 amide bonds. The second kappa shape index (κ2) is 13.7. The minimum atomic E-state index is -2.16. The fourth-order valence-electron chi connectivity index (χ4n) is 7.68. The number of nitrogens with zero attached hydrogens (tertiary/aromatic N) is 6. The first kappa shape index (κ1) is 38.1. The van der Waals surface area contributed by atoms with Gasteiger partial charge in [-0.2, -0.15) is 0 Å². The zero-order valence-electron chi connectivity index (χ0n) is 30.9. The third kappa shape index (κ3) is 6.01. The van der Waals surface area contributed by atoms with Gasteiger partial charge in [-0.25, -0.2) is 14.6 Å². The molecule has 3 aliphatic rings. The first-order valence-corrected chi connectivity index (χ1v) is 17.6. The van der Waals surface area contributed by atoms with Crippen LogP contribution in [0.1, 0.15) is 53.6 Å². The lowest BCUT2D eigenvalue weighted by molar-refractivity contribution is -0.393. The number of oxime groups is 1. The molecule has 0 bridgehead atoms. The van der Waals surface area contributed by atoms with Crippen LogP contribution in [0.2, 0.25) is 0 Å². The fourth-order valence-corrected chi connectivity index (χ4v) is 7.68. The Hall–Kier alpha value is -7.84. The van der Waals surface area contributed by atoms with Crippen molar-refractivity contribution in [3.05, 3.63) is 129 Å². The van der Waals surface area contributed by atoms with Gasteiger partial charge in [0.1, 0.15) is 18.1 Å². The normalized spacial score (nSPS) is 16.9. The highest BCUT2D eigenvalue weighted by Gasteiger charge is 2.51. The number of esters is 2. The Morgan fingerprint density at radius 1 is 0.983 bits per heavy atom. The highest BCUT2D eigenvalue weighted by atomic mass is 16.7. The Kier molecular flexibility index (Phi) is 8.82. The average Bonchev–Trinajstić information content (AvgIpc) is 3.71. The molecule has 2 radical (unpaired) electrons. The van der Waals surface area contributed by atoms with E-state index in [2.05, 4.69) is 5.16 Å². The van der Waals surface area contributed by atoms with E-state index >= 15 is 0 Å².